The molecule has 5 aromatic rings. The van der Waals surface area contributed by atoms with E-state index < -0.39 is 0 Å². The molecule has 5 nitrogen and oxygen atoms in total. The highest BCUT2D eigenvalue weighted by molar-refractivity contribution is 7.01. The third-order valence-corrected chi connectivity index (χ3v) is 8.01. The van der Waals surface area contributed by atoms with E-state index in [1.165, 1.54) is 16.8 Å². The lowest BCUT2D eigenvalue weighted by atomic mass is 9.32. The van der Waals surface area contributed by atoms with Gasteiger partial charge in [0.15, 0.2) is 23.0 Å². The molecule has 6 heteroatoms. The van der Waals surface area contributed by atoms with Gasteiger partial charge in [-0.2, -0.15) is 0 Å². The number of benzene rings is 5. The Balaban J connectivity index is 1.39. The Kier molecular flexibility index (Phi) is 2.78. The van der Waals surface area contributed by atoms with Gasteiger partial charge in [0.05, 0.1) is 22.7 Å². The number of hydrogen-bond donors (Lipinski definition) is 0. The fourth-order valence-electron chi connectivity index (χ4n) is 6.71. The molecule has 36 heavy (non-hydrogen) atoms. The van der Waals surface area contributed by atoms with Crippen LogP contribution in [0.2, 0.25) is 0 Å². The van der Waals surface area contributed by atoms with E-state index in [-0.39, 0.29) is 6.71 Å². The largest absolute Gasteiger partial charge is 0.458 e. The average Bonchev–Trinajstić information content (AvgIpc) is 2.93. The molecular weight excluding hydrogens is 447 g/mol. The summed E-state index contributed by atoms with van der Waals surface area (Å²) in [7, 11) is 0. The second-order valence-electron chi connectivity index (χ2n) is 9.70. The Bertz CT molecular complexity index is 1740. The van der Waals surface area contributed by atoms with Crippen molar-refractivity contribution in [3.63, 3.8) is 0 Å². The molecule has 166 valence electrons. The number of nitrogens with zero attached hydrogens (tertiary/aromatic N) is 2. The molecule has 0 fully saturated rings. The number of fused-ring (bicyclic) bond motifs is 6. The minimum Gasteiger partial charge on any atom is -0.458 e. The second-order valence-corrected chi connectivity index (χ2v) is 9.70. The van der Waals surface area contributed by atoms with Gasteiger partial charge in [-0.25, -0.2) is 0 Å². The molecule has 0 atom stereocenters. The highest BCUT2D eigenvalue weighted by Crippen LogP contribution is 2.58. The minimum absolute atomic E-state index is 0.0232. The predicted octanol–water partition coefficient (Wildman–Crippen LogP) is 6.09. The number of hydrogen-bond acceptors (Lipinski definition) is 5. The quantitative estimate of drug-likeness (QED) is 0.255. The Hall–Kier alpha value is -4.84. The number of anilines is 6. The van der Waals surface area contributed by atoms with Crippen molar-refractivity contribution in [3.05, 3.63) is 91.0 Å². The van der Waals surface area contributed by atoms with Crippen LogP contribution >= 0.6 is 0 Å². The van der Waals surface area contributed by atoms with E-state index in [1.807, 2.05) is 36.4 Å². The Morgan fingerprint density at radius 2 is 0.833 bits per heavy atom. The SMILES string of the molecule is c1ccc2c(c1)Oc1ccc3c4c1N2c1cccc2c1B4c1c(ccc4c1N2c1ccccc1O4)O3. The van der Waals surface area contributed by atoms with Gasteiger partial charge in [0, 0.05) is 22.3 Å². The fourth-order valence-corrected chi connectivity index (χ4v) is 6.71. The first kappa shape index (κ1) is 17.6. The van der Waals surface area contributed by atoms with Crippen LogP contribution in [0.25, 0.3) is 0 Å². The van der Waals surface area contributed by atoms with E-state index in [4.69, 9.17) is 14.2 Å². The summed E-state index contributed by atoms with van der Waals surface area (Å²) in [5, 5.41) is 0. The zero-order valence-corrected chi connectivity index (χ0v) is 18.9. The van der Waals surface area contributed by atoms with Crippen LogP contribution in [0, 0.1) is 0 Å². The summed E-state index contributed by atoms with van der Waals surface area (Å²) in [6.07, 6.45) is 0. The van der Waals surface area contributed by atoms with E-state index in [2.05, 4.69) is 64.4 Å². The third-order valence-electron chi connectivity index (χ3n) is 8.01. The highest BCUT2D eigenvalue weighted by Gasteiger charge is 2.52. The first-order valence-corrected chi connectivity index (χ1v) is 12.2. The lowest BCUT2D eigenvalue weighted by Crippen LogP contribution is -2.63. The maximum absolute atomic E-state index is 6.60. The van der Waals surface area contributed by atoms with Crippen molar-refractivity contribution in [2.75, 3.05) is 9.80 Å². The van der Waals surface area contributed by atoms with E-state index in [0.29, 0.717) is 0 Å². The molecule has 0 bridgehead atoms. The summed E-state index contributed by atoms with van der Waals surface area (Å²) < 4.78 is 19.5. The minimum atomic E-state index is 0.0232. The summed E-state index contributed by atoms with van der Waals surface area (Å²) >= 11 is 0. The van der Waals surface area contributed by atoms with E-state index in [1.54, 1.807) is 0 Å². The van der Waals surface area contributed by atoms with Gasteiger partial charge in [-0.15, -0.1) is 0 Å². The topological polar surface area (TPSA) is 34.2 Å². The van der Waals surface area contributed by atoms with Crippen LogP contribution in [0.1, 0.15) is 0 Å². The molecule has 0 unspecified atom stereocenters. The van der Waals surface area contributed by atoms with E-state index >= 15 is 0 Å². The molecule has 0 amide bonds. The number of ether oxygens (including phenoxy) is 3. The van der Waals surface area contributed by atoms with Crippen molar-refractivity contribution < 1.29 is 14.2 Å². The highest BCUT2D eigenvalue weighted by atomic mass is 16.5. The molecule has 5 heterocycles. The van der Waals surface area contributed by atoms with Crippen LogP contribution in [0.5, 0.6) is 34.5 Å². The summed E-state index contributed by atoms with van der Waals surface area (Å²) in [6, 6.07) is 31.3. The zero-order chi connectivity index (χ0) is 23.1. The number of para-hydroxylation sites is 4. The van der Waals surface area contributed by atoms with Crippen LogP contribution in [-0.4, -0.2) is 6.71 Å². The van der Waals surface area contributed by atoms with Crippen molar-refractivity contribution in [2.45, 2.75) is 0 Å². The normalized spacial score (nSPS) is 15.2. The van der Waals surface area contributed by atoms with Gasteiger partial charge in [0.1, 0.15) is 11.5 Å². The van der Waals surface area contributed by atoms with Crippen LogP contribution in [-0.2, 0) is 0 Å². The monoisotopic (exact) mass is 462 g/mol. The van der Waals surface area contributed by atoms with Crippen LogP contribution in [0.3, 0.4) is 0 Å². The standard InChI is InChI=1S/C30H15BN2O3/c1-3-10-20-16(6-1)32-18-8-5-9-19-26(18)31-27-22(12-14-24(34-20)29(27)32)36-23-13-15-25-30(28(23)31)33(19)17-7-2-4-11-21(17)35-25/h1-15H. The lowest BCUT2D eigenvalue weighted by molar-refractivity contribution is 0.462. The van der Waals surface area contributed by atoms with Crippen molar-refractivity contribution in [2.24, 2.45) is 0 Å². The third kappa shape index (κ3) is 1.81. The maximum Gasteiger partial charge on any atom is 0.262 e. The molecule has 5 aliphatic rings. The molecular formula is C30H15BN2O3. The fraction of sp³-hybridized carbons (Fsp3) is 0. The zero-order valence-electron chi connectivity index (χ0n) is 18.9. The smallest absolute Gasteiger partial charge is 0.262 e. The lowest BCUT2D eigenvalue weighted by Gasteiger charge is -2.48. The molecule has 0 saturated heterocycles. The van der Waals surface area contributed by atoms with Gasteiger partial charge in [-0.3, -0.25) is 0 Å². The maximum atomic E-state index is 6.60. The van der Waals surface area contributed by atoms with Gasteiger partial charge in [0.2, 0.25) is 0 Å². The van der Waals surface area contributed by atoms with Crippen LogP contribution in [0.4, 0.5) is 34.1 Å². The van der Waals surface area contributed by atoms with E-state index in [9.17, 15) is 0 Å². The molecule has 0 aliphatic carbocycles. The van der Waals surface area contributed by atoms with Crippen molar-refractivity contribution >= 4 is 57.2 Å². The summed E-state index contributed by atoms with van der Waals surface area (Å²) in [6.45, 7) is 0.0232. The van der Waals surface area contributed by atoms with Crippen molar-refractivity contribution in [1.29, 1.82) is 0 Å². The molecule has 5 aliphatic heterocycles. The van der Waals surface area contributed by atoms with Gasteiger partial charge < -0.3 is 24.0 Å². The summed E-state index contributed by atoms with van der Waals surface area (Å²) in [5.41, 5.74) is 10.1. The van der Waals surface area contributed by atoms with Gasteiger partial charge in [0.25, 0.3) is 6.71 Å². The first-order chi connectivity index (χ1) is 17.9. The molecule has 0 N–H and O–H groups in total. The van der Waals surface area contributed by atoms with E-state index in [0.717, 1.165) is 68.2 Å². The number of rotatable bonds is 0. The first-order valence-electron chi connectivity index (χ1n) is 12.2. The molecule has 10 rings (SSSR count). The van der Waals surface area contributed by atoms with Crippen molar-refractivity contribution in [1.82, 2.24) is 0 Å². The van der Waals surface area contributed by atoms with Gasteiger partial charge in [-0.05, 0) is 66.1 Å². The average molecular weight is 462 g/mol. The van der Waals surface area contributed by atoms with Crippen LogP contribution < -0.4 is 40.4 Å². The molecule has 0 aromatic heterocycles. The predicted molar refractivity (Wildman–Crippen MR) is 141 cm³/mol. The Labute approximate surface area is 206 Å². The molecule has 0 saturated carbocycles. The molecule has 0 spiro atoms. The van der Waals surface area contributed by atoms with Crippen LogP contribution in [0.15, 0.2) is 91.0 Å². The summed E-state index contributed by atoms with van der Waals surface area (Å²) in [5.74, 6) is 5.17. The Morgan fingerprint density at radius 3 is 1.39 bits per heavy atom. The van der Waals surface area contributed by atoms with Gasteiger partial charge >= 0.3 is 0 Å². The van der Waals surface area contributed by atoms with Gasteiger partial charge in [-0.1, -0.05) is 30.3 Å². The Morgan fingerprint density at radius 1 is 0.389 bits per heavy atom. The summed E-state index contributed by atoms with van der Waals surface area (Å²) in [4.78, 5) is 4.72. The second kappa shape index (κ2) is 5.69. The van der Waals surface area contributed by atoms with Crippen molar-refractivity contribution in [3.8, 4) is 34.5 Å². The molecule has 0 radical (unpaired) electrons. The molecule has 5 aromatic carbocycles.